The summed E-state index contributed by atoms with van der Waals surface area (Å²) in [6, 6.07) is 20.8. The molecular formula is C32H30N4O6S. The minimum atomic E-state index is -0.369. The van der Waals surface area contributed by atoms with E-state index in [1.165, 1.54) is 4.90 Å². The quantitative estimate of drug-likeness (QED) is 0.136. The average Bonchev–Trinajstić information content (AvgIpc) is 3.45. The first-order chi connectivity index (χ1) is 20.8. The third-order valence-electron chi connectivity index (χ3n) is 7.72. The zero-order chi connectivity index (χ0) is 30.1. The van der Waals surface area contributed by atoms with Crippen molar-refractivity contribution < 1.29 is 24.0 Å². The Bertz CT molecular complexity index is 1770. The van der Waals surface area contributed by atoms with Crippen molar-refractivity contribution in [3.8, 4) is 11.4 Å². The minimum absolute atomic E-state index is 0.0280. The summed E-state index contributed by atoms with van der Waals surface area (Å²) in [6.07, 6.45) is 1.71. The van der Waals surface area contributed by atoms with E-state index in [1.54, 1.807) is 18.2 Å². The summed E-state index contributed by atoms with van der Waals surface area (Å²) in [5.74, 6) is 0.332. The van der Waals surface area contributed by atoms with Crippen LogP contribution in [0, 0.1) is 24.0 Å². The molecule has 220 valence electrons. The Morgan fingerprint density at radius 1 is 1.02 bits per heavy atom. The number of hydrogen-bond acceptors (Lipinski definition) is 8. The third-order valence-corrected chi connectivity index (χ3v) is 8.63. The smallest absolute Gasteiger partial charge is 0.294 e. The van der Waals surface area contributed by atoms with Crippen molar-refractivity contribution in [2.45, 2.75) is 13.8 Å². The molecule has 0 spiro atoms. The van der Waals surface area contributed by atoms with Gasteiger partial charge in [0.2, 0.25) is 0 Å². The van der Waals surface area contributed by atoms with Crippen LogP contribution in [-0.4, -0.2) is 65.0 Å². The van der Waals surface area contributed by atoms with E-state index < -0.39 is 0 Å². The summed E-state index contributed by atoms with van der Waals surface area (Å²) in [5, 5.41) is 13.7. The van der Waals surface area contributed by atoms with Gasteiger partial charge >= 0.3 is 0 Å². The van der Waals surface area contributed by atoms with Crippen molar-refractivity contribution in [1.82, 2.24) is 9.47 Å². The summed E-state index contributed by atoms with van der Waals surface area (Å²) >= 11 is 0.898. The molecule has 2 amide bonds. The Morgan fingerprint density at radius 3 is 2.58 bits per heavy atom. The van der Waals surface area contributed by atoms with E-state index in [4.69, 9.17) is 9.47 Å². The van der Waals surface area contributed by atoms with Gasteiger partial charge in [0.25, 0.3) is 16.8 Å². The lowest BCUT2D eigenvalue weighted by atomic mass is 10.1. The number of nitro benzene ring substituents is 1. The molecule has 11 heteroatoms. The molecule has 1 aromatic heterocycles. The monoisotopic (exact) mass is 598 g/mol. The number of hydrogen-bond donors (Lipinski definition) is 0. The number of aryl methyl sites for hydroxylation is 1. The molecule has 0 atom stereocenters. The zero-order valence-electron chi connectivity index (χ0n) is 23.8. The van der Waals surface area contributed by atoms with Gasteiger partial charge in [-0.25, -0.2) is 0 Å². The van der Waals surface area contributed by atoms with Crippen LogP contribution in [0.15, 0.2) is 71.6 Å². The van der Waals surface area contributed by atoms with Crippen LogP contribution >= 0.6 is 11.8 Å². The van der Waals surface area contributed by atoms with Gasteiger partial charge in [0.05, 0.1) is 35.3 Å². The van der Waals surface area contributed by atoms with E-state index in [9.17, 15) is 19.7 Å². The molecule has 0 N–H and O–H groups in total. The molecule has 2 aliphatic rings. The van der Waals surface area contributed by atoms with Gasteiger partial charge in [-0.15, -0.1) is 0 Å². The van der Waals surface area contributed by atoms with Crippen molar-refractivity contribution in [2.75, 3.05) is 44.4 Å². The van der Waals surface area contributed by atoms with Gasteiger partial charge in [-0.2, -0.15) is 0 Å². The second-order valence-corrected chi connectivity index (χ2v) is 11.3. The topological polar surface area (TPSA) is 107 Å². The molecule has 0 unspecified atom stereocenters. The molecule has 0 saturated carbocycles. The molecule has 2 aliphatic heterocycles. The standard InChI is InChI=1S/C32H30N4O6S/c1-21-18-24(22(2)35(21)25-10-11-27(28(20-25)36(39)40)33-12-15-41-16-13-33)19-30-31(37)34(32(38)43-30)14-17-42-29-9-5-7-23-6-3-4-8-26(23)29/h3-11,18-20H,12-17H2,1-2H3/b30-19-. The molecule has 43 heavy (non-hydrogen) atoms. The number of fused-ring (bicyclic) bond motifs is 1. The number of nitro groups is 1. The maximum absolute atomic E-state index is 13.2. The van der Waals surface area contributed by atoms with Gasteiger partial charge in [-0.1, -0.05) is 36.4 Å². The van der Waals surface area contributed by atoms with Gasteiger partial charge in [-0.05, 0) is 66.9 Å². The van der Waals surface area contributed by atoms with Crippen LogP contribution < -0.4 is 9.64 Å². The van der Waals surface area contributed by atoms with Gasteiger partial charge < -0.3 is 18.9 Å². The first-order valence-electron chi connectivity index (χ1n) is 14.0. The van der Waals surface area contributed by atoms with Crippen LogP contribution in [0.1, 0.15) is 17.0 Å². The van der Waals surface area contributed by atoms with Crippen LogP contribution in [0.5, 0.6) is 5.75 Å². The molecule has 2 saturated heterocycles. The van der Waals surface area contributed by atoms with Crippen LogP contribution in [0.3, 0.4) is 0 Å². The maximum atomic E-state index is 13.2. The average molecular weight is 599 g/mol. The Balaban J connectivity index is 1.20. The Kier molecular flexibility index (Phi) is 7.92. The molecular weight excluding hydrogens is 568 g/mol. The fourth-order valence-corrected chi connectivity index (χ4v) is 6.46. The van der Waals surface area contributed by atoms with Crippen molar-refractivity contribution in [3.05, 3.63) is 98.7 Å². The predicted octanol–water partition coefficient (Wildman–Crippen LogP) is 6.11. The van der Waals surface area contributed by atoms with E-state index in [-0.39, 0.29) is 34.9 Å². The van der Waals surface area contributed by atoms with Gasteiger partial charge in [0.1, 0.15) is 18.0 Å². The number of morpholine rings is 1. The Hall–Kier alpha value is -4.61. The van der Waals surface area contributed by atoms with E-state index in [0.717, 1.165) is 39.5 Å². The number of ether oxygens (including phenoxy) is 2. The molecule has 0 bridgehead atoms. The highest BCUT2D eigenvalue weighted by atomic mass is 32.2. The Morgan fingerprint density at radius 2 is 1.79 bits per heavy atom. The first kappa shape index (κ1) is 28.5. The second-order valence-electron chi connectivity index (χ2n) is 10.4. The molecule has 2 fully saturated rings. The maximum Gasteiger partial charge on any atom is 0.294 e. The zero-order valence-corrected chi connectivity index (χ0v) is 24.6. The second kappa shape index (κ2) is 11.9. The fraction of sp³-hybridized carbons (Fsp3) is 0.250. The highest BCUT2D eigenvalue weighted by Gasteiger charge is 2.35. The highest BCUT2D eigenvalue weighted by molar-refractivity contribution is 8.18. The number of rotatable bonds is 8. The lowest BCUT2D eigenvalue weighted by molar-refractivity contribution is -0.384. The SMILES string of the molecule is Cc1cc(/C=C2\SC(=O)N(CCOc3cccc4ccccc34)C2=O)c(C)n1-c1ccc(N2CCOCC2)c([N+](=O)[O-])c1. The lowest BCUT2D eigenvalue weighted by Crippen LogP contribution is -2.36. The van der Waals surface area contributed by atoms with E-state index in [0.29, 0.717) is 48.3 Å². The van der Waals surface area contributed by atoms with Crippen molar-refractivity contribution in [2.24, 2.45) is 0 Å². The summed E-state index contributed by atoms with van der Waals surface area (Å²) in [5.41, 5.74) is 3.65. The number of carbonyl (C=O) groups is 2. The number of thioether (sulfide) groups is 1. The molecule has 10 nitrogen and oxygen atoms in total. The largest absolute Gasteiger partial charge is 0.491 e. The predicted molar refractivity (Wildman–Crippen MR) is 167 cm³/mol. The summed E-state index contributed by atoms with van der Waals surface area (Å²) < 4.78 is 13.3. The van der Waals surface area contributed by atoms with Crippen LogP contribution in [0.4, 0.5) is 16.2 Å². The van der Waals surface area contributed by atoms with Crippen molar-refractivity contribution >= 4 is 51.1 Å². The summed E-state index contributed by atoms with van der Waals surface area (Å²) in [4.78, 5) is 41.1. The van der Waals surface area contributed by atoms with Crippen molar-refractivity contribution in [3.63, 3.8) is 0 Å². The number of anilines is 1. The molecule has 0 radical (unpaired) electrons. The molecule has 4 aromatic rings. The third kappa shape index (κ3) is 5.61. The number of imide groups is 1. The van der Waals surface area contributed by atoms with E-state index in [1.807, 2.05) is 77.9 Å². The molecule has 0 aliphatic carbocycles. The molecule has 3 aromatic carbocycles. The fourth-order valence-electron chi connectivity index (χ4n) is 5.60. The first-order valence-corrected chi connectivity index (χ1v) is 14.8. The van der Waals surface area contributed by atoms with Gasteiger partial charge in [-0.3, -0.25) is 24.6 Å². The Labute approximate surface area is 252 Å². The number of aromatic nitrogens is 1. The number of carbonyl (C=O) groups excluding carboxylic acids is 2. The van der Waals surface area contributed by atoms with E-state index >= 15 is 0 Å². The highest BCUT2D eigenvalue weighted by Crippen LogP contribution is 2.36. The lowest BCUT2D eigenvalue weighted by Gasteiger charge is -2.28. The van der Waals surface area contributed by atoms with Crippen LogP contribution in [0.25, 0.3) is 22.5 Å². The number of benzene rings is 3. The van der Waals surface area contributed by atoms with Gasteiger partial charge in [0.15, 0.2) is 0 Å². The molecule has 3 heterocycles. The van der Waals surface area contributed by atoms with Crippen molar-refractivity contribution in [1.29, 1.82) is 0 Å². The minimum Gasteiger partial charge on any atom is -0.491 e. The van der Waals surface area contributed by atoms with E-state index in [2.05, 4.69) is 0 Å². The number of amides is 2. The normalized spacial score (nSPS) is 16.5. The van der Waals surface area contributed by atoms with Gasteiger partial charge in [0, 0.05) is 35.9 Å². The summed E-state index contributed by atoms with van der Waals surface area (Å²) in [6.45, 7) is 6.34. The van der Waals surface area contributed by atoms with Crippen LogP contribution in [-0.2, 0) is 9.53 Å². The summed E-state index contributed by atoms with van der Waals surface area (Å²) in [7, 11) is 0. The number of nitrogens with zero attached hydrogens (tertiary/aromatic N) is 4. The molecule has 6 rings (SSSR count). The van der Waals surface area contributed by atoms with Crippen LogP contribution in [0.2, 0.25) is 0 Å².